The summed E-state index contributed by atoms with van der Waals surface area (Å²) in [5.74, 6) is 0.779. The van der Waals surface area contributed by atoms with Gasteiger partial charge in [0.2, 0.25) is 5.89 Å². The lowest BCUT2D eigenvalue weighted by Gasteiger charge is -2.10. The Kier molecular flexibility index (Phi) is 3.82. The molecule has 4 nitrogen and oxygen atoms in total. The number of fused-ring (bicyclic) bond motifs is 1. The maximum absolute atomic E-state index is 12.1. The van der Waals surface area contributed by atoms with Gasteiger partial charge in [-0.2, -0.15) is 0 Å². The van der Waals surface area contributed by atoms with Crippen LogP contribution in [-0.4, -0.2) is 12.1 Å². The Morgan fingerprint density at radius 2 is 1.95 bits per heavy atom. The van der Waals surface area contributed by atoms with Crippen molar-refractivity contribution in [2.75, 3.05) is 7.11 Å². The fraction of sp³-hybridized carbons (Fsp3) is 0.0667. The predicted octanol–water partition coefficient (Wildman–Crippen LogP) is 4.39. The van der Waals surface area contributed by atoms with Crippen LogP contribution in [0.25, 0.3) is 22.4 Å². The van der Waals surface area contributed by atoms with E-state index in [9.17, 15) is 4.79 Å². The van der Waals surface area contributed by atoms with Crippen molar-refractivity contribution in [3.8, 4) is 17.2 Å². The Hall–Kier alpha value is -1.66. The molecule has 0 aliphatic heterocycles. The number of nitrogens with zero attached hydrogens (tertiary/aromatic N) is 1. The lowest BCUT2D eigenvalue weighted by molar-refractivity contribution is 0.410. The summed E-state index contributed by atoms with van der Waals surface area (Å²) in [4.78, 5) is 16.5. The second-order valence-corrected chi connectivity index (χ2v) is 6.06. The molecule has 6 heteroatoms. The van der Waals surface area contributed by atoms with Gasteiger partial charge in [-0.05, 0) is 40.2 Å². The smallest absolute Gasteiger partial charge is 0.347 e. The number of hydrogen-bond donors (Lipinski definition) is 0. The van der Waals surface area contributed by atoms with Gasteiger partial charge in [-0.25, -0.2) is 9.78 Å². The summed E-state index contributed by atoms with van der Waals surface area (Å²) >= 11 is 6.83. The first kappa shape index (κ1) is 14.3. The third-order valence-electron chi connectivity index (χ3n) is 2.98. The van der Waals surface area contributed by atoms with Crippen LogP contribution in [0.3, 0.4) is 0 Å². The zero-order valence-electron chi connectivity index (χ0n) is 10.9. The molecule has 21 heavy (non-hydrogen) atoms. The van der Waals surface area contributed by atoms with Crippen LogP contribution in [0.2, 0.25) is 0 Å². The van der Waals surface area contributed by atoms with Crippen LogP contribution in [0, 0.1) is 0 Å². The molecule has 0 radical (unpaired) electrons. The third-order valence-corrected chi connectivity index (χ3v) is 4.03. The molecule has 1 heterocycles. The molecule has 0 unspecified atom stereocenters. The highest BCUT2D eigenvalue weighted by molar-refractivity contribution is 9.11. The number of methoxy groups -OCH3 is 1. The molecular weight excluding hydrogens is 402 g/mol. The Balaban J connectivity index is 2.33. The van der Waals surface area contributed by atoms with Crippen LogP contribution >= 0.6 is 31.9 Å². The number of para-hydroxylation sites is 1. The highest BCUT2D eigenvalue weighted by Gasteiger charge is 2.16. The molecule has 0 N–H and O–H groups in total. The molecule has 3 rings (SSSR count). The van der Waals surface area contributed by atoms with Gasteiger partial charge in [0.05, 0.1) is 28.0 Å². The van der Waals surface area contributed by atoms with E-state index in [2.05, 4.69) is 36.8 Å². The second kappa shape index (κ2) is 5.61. The largest absolute Gasteiger partial charge is 0.495 e. The van der Waals surface area contributed by atoms with Crippen molar-refractivity contribution in [3.05, 3.63) is 55.8 Å². The molecular formula is C15H9Br2NO3. The van der Waals surface area contributed by atoms with Gasteiger partial charge in [-0.3, -0.25) is 0 Å². The van der Waals surface area contributed by atoms with Gasteiger partial charge in [-0.15, -0.1) is 0 Å². The van der Waals surface area contributed by atoms with E-state index in [1.807, 2.05) is 12.1 Å². The molecule has 0 aliphatic carbocycles. The van der Waals surface area contributed by atoms with Gasteiger partial charge < -0.3 is 9.15 Å². The van der Waals surface area contributed by atoms with Gasteiger partial charge in [0.15, 0.2) is 0 Å². The first-order chi connectivity index (χ1) is 10.1. The molecule has 0 atom stereocenters. The molecule has 0 aliphatic rings. The lowest BCUT2D eigenvalue weighted by Crippen LogP contribution is -2.03. The van der Waals surface area contributed by atoms with Crippen molar-refractivity contribution in [3.63, 3.8) is 0 Å². The van der Waals surface area contributed by atoms with E-state index >= 15 is 0 Å². The number of aromatic nitrogens is 1. The van der Waals surface area contributed by atoms with Crippen LogP contribution in [0.1, 0.15) is 0 Å². The molecule has 0 amide bonds. The fourth-order valence-corrected chi connectivity index (χ4v) is 3.45. The molecule has 0 spiro atoms. The first-order valence-corrected chi connectivity index (χ1v) is 7.62. The van der Waals surface area contributed by atoms with Crippen molar-refractivity contribution >= 4 is 42.8 Å². The number of rotatable bonds is 2. The highest BCUT2D eigenvalue weighted by Crippen LogP contribution is 2.38. The Bertz CT molecular complexity index is 890. The van der Waals surface area contributed by atoms with Crippen molar-refractivity contribution in [2.45, 2.75) is 0 Å². The minimum atomic E-state index is -0.422. The number of ether oxygens (including phenoxy) is 1. The van der Waals surface area contributed by atoms with Crippen LogP contribution in [-0.2, 0) is 0 Å². The molecule has 0 saturated heterocycles. The van der Waals surface area contributed by atoms with E-state index in [1.165, 1.54) is 0 Å². The molecule has 0 fully saturated rings. The minimum Gasteiger partial charge on any atom is -0.495 e. The van der Waals surface area contributed by atoms with Gasteiger partial charge in [0.1, 0.15) is 5.75 Å². The average molecular weight is 411 g/mol. The van der Waals surface area contributed by atoms with Crippen LogP contribution < -0.4 is 10.4 Å². The lowest BCUT2D eigenvalue weighted by atomic mass is 10.2. The highest BCUT2D eigenvalue weighted by atomic mass is 79.9. The molecule has 0 saturated carbocycles. The zero-order chi connectivity index (χ0) is 15.0. The van der Waals surface area contributed by atoms with Gasteiger partial charge >= 0.3 is 5.63 Å². The summed E-state index contributed by atoms with van der Waals surface area (Å²) in [6, 6.07) is 10.7. The van der Waals surface area contributed by atoms with Gasteiger partial charge in [0.25, 0.3) is 0 Å². The van der Waals surface area contributed by atoms with Crippen molar-refractivity contribution in [1.82, 2.24) is 4.98 Å². The quantitative estimate of drug-likeness (QED) is 0.628. The topological polar surface area (TPSA) is 52.3 Å². The Labute approximate surface area is 137 Å². The average Bonchev–Trinajstić information content (AvgIpc) is 2.46. The third kappa shape index (κ3) is 2.61. The zero-order valence-corrected chi connectivity index (χ0v) is 14.1. The maximum atomic E-state index is 12.1. The van der Waals surface area contributed by atoms with E-state index in [0.717, 1.165) is 8.95 Å². The summed E-state index contributed by atoms with van der Waals surface area (Å²) in [5, 5.41) is 0.453. The summed E-state index contributed by atoms with van der Waals surface area (Å²) in [7, 11) is 1.55. The number of benzene rings is 2. The van der Waals surface area contributed by atoms with Crippen LogP contribution in [0.5, 0.6) is 5.75 Å². The second-order valence-electron chi connectivity index (χ2n) is 4.29. The van der Waals surface area contributed by atoms with Crippen molar-refractivity contribution in [2.24, 2.45) is 0 Å². The standard InChI is InChI=1S/C15H9Br2NO3/c1-20-13-10(6-8(16)7-11(13)17)14-18-12-5-3-2-4-9(12)15(19)21-14/h2-7H,1H3. The SMILES string of the molecule is COc1c(Br)cc(Br)cc1-c1nc2ccccc2c(=O)o1. The maximum Gasteiger partial charge on any atom is 0.347 e. The van der Waals surface area contributed by atoms with E-state index in [1.54, 1.807) is 31.4 Å². The summed E-state index contributed by atoms with van der Waals surface area (Å²) in [5.41, 5.74) is 0.761. The predicted molar refractivity (Wildman–Crippen MR) is 87.7 cm³/mol. The summed E-state index contributed by atoms with van der Waals surface area (Å²) in [6.07, 6.45) is 0. The van der Waals surface area contributed by atoms with E-state index in [4.69, 9.17) is 9.15 Å². The van der Waals surface area contributed by atoms with Crippen LogP contribution in [0.15, 0.2) is 54.6 Å². The number of halogens is 2. The Morgan fingerprint density at radius 3 is 2.71 bits per heavy atom. The van der Waals surface area contributed by atoms with E-state index < -0.39 is 5.63 Å². The normalized spacial score (nSPS) is 10.8. The fourth-order valence-electron chi connectivity index (χ4n) is 2.06. The van der Waals surface area contributed by atoms with Crippen molar-refractivity contribution < 1.29 is 9.15 Å². The monoisotopic (exact) mass is 409 g/mol. The molecule has 2 aromatic carbocycles. The number of hydrogen-bond acceptors (Lipinski definition) is 4. The Morgan fingerprint density at radius 1 is 1.19 bits per heavy atom. The molecule has 106 valence electrons. The van der Waals surface area contributed by atoms with E-state index in [-0.39, 0.29) is 5.89 Å². The molecule has 0 bridgehead atoms. The molecule has 1 aromatic heterocycles. The van der Waals surface area contributed by atoms with Crippen LogP contribution in [0.4, 0.5) is 0 Å². The molecule has 3 aromatic rings. The van der Waals surface area contributed by atoms with E-state index in [0.29, 0.717) is 22.2 Å². The first-order valence-electron chi connectivity index (χ1n) is 6.03. The van der Waals surface area contributed by atoms with Gasteiger partial charge in [0, 0.05) is 4.47 Å². The summed E-state index contributed by atoms with van der Waals surface area (Å²) < 4.78 is 12.3. The minimum absolute atomic E-state index is 0.220. The van der Waals surface area contributed by atoms with Gasteiger partial charge in [-0.1, -0.05) is 28.1 Å². The summed E-state index contributed by atoms with van der Waals surface area (Å²) in [6.45, 7) is 0. The van der Waals surface area contributed by atoms with Crippen molar-refractivity contribution in [1.29, 1.82) is 0 Å².